The van der Waals surface area contributed by atoms with Crippen LogP contribution in [0, 0.1) is 0 Å². The molecule has 0 aliphatic carbocycles. The summed E-state index contributed by atoms with van der Waals surface area (Å²) in [6, 6.07) is 6.89. The number of ether oxygens (including phenoxy) is 2. The van der Waals surface area contributed by atoms with Crippen molar-refractivity contribution in [1.29, 1.82) is 0 Å². The van der Waals surface area contributed by atoms with Crippen molar-refractivity contribution in [3.05, 3.63) is 50.2 Å². The molecule has 0 radical (unpaired) electrons. The lowest BCUT2D eigenvalue weighted by atomic mass is 10.2. The third-order valence-corrected chi connectivity index (χ3v) is 5.14. The van der Waals surface area contributed by atoms with Crippen LogP contribution in [0.2, 0.25) is 0 Å². The molecule has 2 heterocycles. The smallest absolute Gasteiger partial charge is 0.359 e. The second-order valence-electron chi connectivity index (χ2n) is 5.60. The molecule has 3 rings (SSSR count). The zero-order chi connectivity index (χ0) is 20.3. The molecule has 0 atom stereocenters. The van der Waals surface area contributed by atoms with Gasteiger partial charge in [-0.3, -0.25) is 9.59 Å². The van der Waals surface area contributed by atoms with Crippen LogP contribution in [-0.4, -0.2) is 42.0 Å². The maximum atomic E-state index is 13.1. The molecule has 2 aromatic heterocycles. The predicted octanol–water partition coefficient (Wildman–Crippen LogP) is 2.97. The molecule has 10 heteroatoms. The first-order chi connectivity index (χ1) is 13.5. The molecule has 0 bridgehead atoms. The Morgan fingerprint density at radius 3 is 2.64 bits per heavy atom. The molecule has 1 amide bonds. The maximum Gasteiger partial charge on any atom is 0.359 e. The van der Waals surface area contributed by atoms with Gasteiger partial charge >= 0.3 is 5.97 Å². The van der Waals surface area contributed by atoms with E-state index in [-0.39, 0.29) is 24.3 Å². The van der Waals surface area contributed by atoms with Gasteiger partial charge in [-0.25, -0.2) is 4.79 Å². The zero-order valence-electron chi connectivity index (χ0n) is 15.0. The largest absolute Gasteiger partial charge is 0.461 e. The summed E-state index contributed by atoms with van der Waals surface area (Å²) >= 11 is 4.47. The molecule has 0 saturated heterocycles. The number of hydrogen-bond acceptors (Lipinski definition) is 7. The molecule has 0 aliphatic rings. The van der Waals surface area contributed by atoms with Gasteiger partial charge in [0.2, 0.25) is 0 Å². The summed E-state index contributed by atoms with van der Waals surface area (Å²) < 4.78 is 11.9. The average Bonchev–Trinajstić information content (AvgIpc) is 3.07. The van der Waals surface area contributed by atoms with Crippen molar-refractivity contribution in [2.75, 3.05) is 25.6 Å². The molecule has 0 unspecified atom stereocenters. The van der Waals surface area contributed by atoms with Gasteiger partial charge in [0.1, 0.15) is 11.6 Å². The minimum Gasteiger partial charge on any atom is -0.461 e. The molecule has 3 aromatic rings. The number of carbonyl (C=O) groups excluding carboxylic acids is 2. The van der Waals surface area contributed by atoms with E-state index in [1.807, 2.05) is 0 Å². The van der Waals surface area contributed by atoms with Crippen LogP contribution >= 0.6 is 27.3 Å². The van der Waals surface area contributed by atoms with E-state index in [1.165, 1.54) is 7.11 Å². The third kappa shape index (κ3) is 3.98. The normalized spacial score (nSPS) is 10.8. The van der Waals surface area contributed by atoms with Gasteiger partial charge < -0.3 is 14.8 Å². The molecule has 1 N–H and O–H groups in total. The summed E-state index contributed by atoms with van der Waals surface area (Å²) in [5.74, 6) is -1.05. The van der Waals surface area contributed by atoms with E-state index in [1.54, 1.807) is 36.6 Å². The van der Waals surface area contributed by atoms with E-state index in [4.69, 9.17) is 9.47 Å². The molecule has 0 fully saturated rings. The quantitative estimate of drug-likeness (QED) is 0.561. The van der Waals surface area contributed by atoms with Crippen LogP contribution < -0.4 is 10.9 Å². The monoisotopic (exact) mass is 465 g/mol. The van der Waals surface area contributed by atoms with Crippen molar-refractivity contribution in [3.63, 3.8) is 0 Å². The number of thiophene rings is 1. The number of nitrogens with one attached hydrogen (secondary N) is 1. The number of aromatic nitrogens is 2. The Morgan fingerprint density at radius 1 is 1.29 bits per heavy atom. The van der Waals surface area contributed by atoms with Crippen LogP contribution in [0.5, 0.6) is 0 Å². The van der Waals surface area contributed by atoms with E-state index in [0.717, 1.165) is 20.5 Å². The highest BCUT2D eigenvalue weighted by Crippen LogP contribution is 2.30. The number of fused-ring (bicyclic) bond motifs is 1. The van der Waals surface area contributed by atoms with Gasteiger partial charge in [0, 0.05) is 22.3 Å². The standard InChI is InChI=1S/C18H16BrN3O5S/c1-3-27-18(25)15-12-9-28-16(20-13(23)8-26-2)14(12)17(24)22(21-15)11-6-4-10(19)5-7-11/h4-7,9H,3,8H2,1-2H3,(H,20,23). The zero-order valence-corrected chi connectivity index (χ0v) is 17.4. The number of hydrogen-bond donors (Lipinski definition) is 1. The van der Waals surface area contributed by atoms with E-state index in [9.17, 15) is 14.4 Å². The lowest BCUT2D eigenvalue weighted by Gasteiger charge is -2.10. The topological polar surface area (TPSA) is 99.5 Å². The highest BCUT2D eigenvalue weighted by molar-refractivity contribution is 9.10. The van der Waals surface area contributed by atoms with Crippen molar-refractivity contribution in [1.82, 2.24) is 9.78 Å². The van der Waals surface area contributed by atoms with Crippen molar-refractivity contribution in [2.24, 2.45) is 0 Å². The number of nitrogens with zero attached hydrogens (tertiary/aromatic N) is 2. The van der Waals surface area contributed by atoms with E-state index in [2.05, 4.69) is 26.3 Å². The summed E-state index contributed by atoms with van der Waals surface area (Å²) in [7, 11) is 1.40. The van der Waals surface area contributed by atoms with Gasteiger partial charge in [-0.2, -0.15) is 9.78 Å². The number of carbonyl (C=O) groups is 2. The fraction of sp³-hybridized carbons (Fsp3) is 0.222. The first kappa shape index (κ1) is 20.2. The Labute approximate surface area is 172 Å². The van der Waals surface area contributed by atoms with E-state index >= 15 is 0 Å². The molecule has 0 saturated carbocycles. The number of anilines is 1. The number of halogens is 1. The summed E-state index contributed by atoms with van der Waals surface area (Å²) in [5.41, 5.74) is 0.0169. The van der Waals surface area contributed by atoms with Crippen LogP contribution in [0.15, 0.2) is 38.9 Å². The Morgan fingerprint density at radius 2 is 2.00 bits per heavy atom. The van der Waals surface area contributed by atoms with Crippen molar-refractivity contribution in [3.8, 4) is 5.69 Å². The third-order valence-electron chi connectivity index (χ3n) is 3.72. The summed E-state index contributed by atoms with van der Waals surface area (Å²) in [6.07, 6.45) is 0. The predicted molar refractivity (Wildman–Crippen MR) is 109 cm³/mol. The molecule has 0 aliphatic heterocycles. The van der Waals surface area contributed by atoms with Crippen LogP contribution in [0.1, 0.15) is 17.4 Å². The van der Waals surface area contributed by atoms with E-state index < -0.39 is 17.4 Å². The van der Waals surface area contributed by atoms with Gasteiger partial charge in [-0.05, 0) is 31.2 Å². The van der Waals surface area contributed by atoms with Crippen LogP contribution in [-0.2, 0) is 14.3 Å². The van der Waals surface area contributed by atoms with Crippen molar-refractivity contribution < 1.29 is 19.1 Å². The number of esters is 1. The summed E-state index contributed by atoms with van der Waals surface area (Å²) in [6.45, 7) is 1.70. The fourth-order valence-corrected chi connectivity index (χ4v) is 3.76. The van der Waals surface area contributed by atoms with E-state index in [0.29, 0.717) is 16.1 Å². The Hall–Kier alpha value is -2.56. The first-order valence-electron chi connectivity index (χ1n) is 8.22. The van der Waals surface area contributed by atoms with Crippen molar-refractivity contribution >= 4 is 54.9 Å². The number of rotatable bonds is 6. The van der Waals surface area contributed by atoms with Gasteiger partial charge in [-0.15, -0.1) is 11.3 Å². The number of methoxy groups -OCH3 is 1. The van der Waals surface area contributed by atoms with Gasteiger partial charge in [-0.1, -0.05) is 15.9 Å². The first-order valence-corrected chi connectivity index (χ1v) is 9.90. The Bertz CT molecular complexity index is 1090. The minimum atomic E-state index is -0.647. The molecule has 0 spiro atoms. The molecule has 1 aromatic carbocycles. The highest BCUT2D eigenvalue weighted by atomic mass is 79.9. The summed E-state index contributed by atoms with van der Waals surface area (Å²) in [5, 5.41) is 9.32. The van der Waals surface area contributed by atoms with Gasteiger partial charge in [0.25, 0.3) is 11.5 Å². The SMILES string of the molecule is CCOC(=O)c1nn(-c2ccc(Br)cc2)c(=O)c2c(NC(=O)COC)scc12. The lowest BCUT2D eigenvalue weighted by Crippen LogP contribution is -2.26. The second kappa shape index (κ2) is 8.63. The van der Waals surface area contributed by atoms with Gasteiger partial charge in [0.15, 0.2) is 5.69 Å². The Kier molecular flexibility index (Phi) is 6.22. The minimum absolute atomic E-state index is 0.00265. The van der Waals surface area contributed by atoms with Crippen LogP contribution in [0.25, 0.3) is 16.5 Å². The lowest BCUT2D eigenvalue weighted by molar-refractivity contribution is -0.119. The molecular weight excluding hydrogens is 450 g/mol. The molecule has 8 nitrogen and oxygen atoms in total. The van der Waals surface area contributed by atoms with Crippen molar-refractivity contribution in [2.45, 2.75) is 6.92 Å². The fourth-order valence-electron chi connectivity index (χ4n) is 2.54. The number of amides is 1. The van der Waals surface area contributed by atoms with Gasteiger partial charge in [0.05, 0.1) is 17.7 Å². The maximum absolute atomic E-state index is 13.1. The van der Waals surface area contributed by atoms with Crippen LogP contribution in [0.4, 0.5) is 5.00 Å². The average molecular weight is 466 g/mol. The molecule has 146 valence electrons. The molecular formula is C18H16BrN3O5S. The highest BCUT2D eigenvalue weighted by Gasteiger charge is 2.23. The van der Waals surface area contributed by atoms with Crippen LogP contribution in [0.3, 0.4) is 0 Å². The summed E-state index contributed by atoms with van der Waals surface area (Å²) in [4.78, 5) is 37.5. The second-order valence-corrected chi connectivity index (χ2v) is 7.39. The Balaban J connectivity index is 2.24. The number of benzene rings is 1. The molecule has 28 heavy (non-hydrogen) atoms.